The molecular weight excluding hydrogens is 549 g/mol. The molecule has 1 aromatic carbocycles. The van der Waals surface area contributed by atoms with Gasteiger partial charge in [-0.3, -0.25) is 19.3 Å². The van der Waals surface area contributed by atoms with E-state index in [-0.39, 0.29) is 19.7 Å². The second kappa shape index (κ2) is 10.6. The van der Waals surface area contributed by atoms with E-state index in [0.29, 0.717) is 28.5 Å². The topological polar surface area (TPSA) is 83.7 Å². The number of nitrogens with one attached hydrogen (secondary N) is 1. The number of imide groups is 1. The molecule has 3 aliphatic heterocycles. The van der Waals surface area contributed by atoms with E-state index in [0.717, 1.165) is 24.3 Å². The third-order valence-corrected chi connectivity index (χ3v) is 7.77. The van der Waals surface area contributed by atoms with E-state index >= 15 is 8.63 Å². The zero-order valence-electron chi connectivity index (χ0n) is 21.6. The molecule has 3 aliphatic rings. The van der Waals surface area contributed by atoms with Crippen LogP contribution in [0.1, 0.15) is 21.8 Å². The average Bonchev–Trinajstić information content (AvgIpc) is 3.76. The Bertz CT molecular complexity index is 1680. The fraction of sp³-hybridized carbons (Fsp3) is 0.103. The zero-order valence-corrected chi connectivity index (χ0v) is 22.4. The minimum atomic E-state index is -4.12. The molecule has 5 heterocycles. The standard InChI is InChI=1S/C29H23BF2N4O4S/c31-30(32)35-21(7-8-22(35)18-23-9-12-25(36(23)30)26-2-1-17-41-26)6-3-20-4-10-24(11-5-20)40-19-27(37)33-15-16-34-28(38)13-14-29(34)39/h1-14,17-18H,15-16,19H2,(H,33,37)/b6-3+. The van der Waals surface area contributed by atoms with Gasteiger partial charge in [-0.1, -0.05) is 24.3 Å². The SMILES string of the molecule is O=C(COc1ccc(/C=C/c2ccc3n2[B-](F)(F)[N+]2=C(c4cccs4)C=CC2=C3)cc1)NCCN1C(=O)C=CC1=O. The first-order valence-corrected chi connectivity index (χ1v) is 13.7. The largest absolute Gasteiger partial charge is 0.737 e. The summed E-state index contributed by atoms with van der Waals surface area (Å²) in [5, 5.41) is 4.47. The summed E-state index contributed by atoms with van der Waals surface area (Å²) >= 11 is 1.42. The van der Waals surface area contributed by atoms with Crippen molar-refractivity contribution in [3.63, 3.8) is 0 Å². The molecule has 41 heavy (non-hydrogen) atoms. The molecule has 0 radical (unpaired) electrons. The number of hydrogen-bond acceptors (Lipinski definition) is 5. The number of rotatable bonds is 9. The third-order valence-electron chi connectivity index (χ3n) is 6.88. The number of fused-ring (bicyclic) bond motifs is 2. The maximum absolute atomic E-state index is 15.9. The molecular formula is C29H23BF2N4O4S. The van der Waals surface area contributed by atoms with Crippen molar-refractivity contribution in [1.29, 1.82) is 0 Å². The predicted molar refractivity (Wildman–Crippen MR) is 153 cm³/mol. The molecule has 12 heteroatoms. The van der Waals surface area contributed by atoms with Crippen molar-refractivity contribution in [1.82, 2.24) is 14.7 Å². The summed E-state index contributed by atoms with van der Waals surface area (Å²) in [7, 11) is 0. The van der Waals surface area contributed by atoms with Gasteiger partial charge >= 0.3 is 6.97 Å². The van der Waals surface area contributed by atoms with Crippen LogP contribution < -0.4 is 10.1 Å². The molecule has 0 atom stereocenters. The Morgan fingerprint density at radius 3 is 2.51 bits per heavy atom. The maximum atomic E-state index is 15.9. The van der Waals surface area contributed by atoms with Gasteiger partial charge in [-0.25, -0.2) is 0 Å². The Hall–Kier alpha value is -4.84. The fourth-order valence-corrected chi connectivity index (χ4v) is 5.68. The summed E-state index contributed by atoms with van der Waals surface area (Å²) < 4.78 is 39.6. The Morgan fingerprint density at radius 1 is 1.00 bits per heavy atom. The number of carbonyl (C=O) groups is 3. The number of ether oxygens (including phenoxy) is 1. The van der Waals surface area contributed by atoms with Crippen LogP contribution in [0.15, 0.2) is 83.9 Å². The molecule has 206 valence electrons. The van der Waals surface area contributed by atoms with Gasteiger partial charge in [0.2, 0.25) is 0 Å². The molecule has 6 rings (SSSR count). The lowest BCUT2D eigenvalue weighted by Crippen LogP contribution is -2.50. The van der Waals surface area contributed by atoms with Crippen LogP contribution in [-0.2, 0) is 14.4 Å². The highest BCUT2D eigenvalue weighted by Gasteiger charge is 2.52. The van der Waals surface area contributed by atoms with E-state index in [4.69, 9.17) is 4.74 Å². The Kier molecular flexibility index (Phi) is 6.84. The van der Waals surface area contributed by atoms with E-state index < -0.39 is 24.7 Å². The monoisotopic (exact) mass is 572 g/mol. The van der Waals surface area contributed by atoms with E-state index in [1.165, 1.54) is 23.5 Å². The van der Waals surface area contributed by atoms with Crippen LogP contribution in [0.25, 0.3) is 18.2 Å². The maximum Gasteiger partial charge on any atom is 0.737 e. The molecule has 8 nitrogen and oxygen atoms in total. The number of amides is 3. The van der Waals surface area contributed by atoms with Gasteiger partial charge in [0.1, 0.15) is 5.75 Å². The second-order valence-corrected chi connectivity index (χ2v) is 10.4. The number of halogens is 2. The summed E-state index contributed by atoms with van der Waals surface area (Å²) in [4.78, 5) is 36.9. The summed E-state index contributed by atoms with van der Waals surface area (Å²) in [6.45, 7) is -4.16. The van der Waals surface area contributed by atoms with Crippen LogP contribution in [0.2, 0.25) is 0 Å². The van der Waals surface area contributed by atoms with Crippen LogP contribution >= 0.6 is 11.3 Å². The van der Waals surface area contributed by atoms with Gasteiger partial charge in [-0.15, -0.1) is 11.3 Å². The molecule has 0 fully saturated rings. The van der Waals surface area contributed by atoms with Gasteiger partial charge < -0.3 is 27.6 Å². The minimum absolute atomic E-state index is 0.0792. The molecule has 3 aromatic rings. The highest BCUT2D eigenvalue weighted by molar-refractivity contribution is 7.12. The van der Waals surface area contributed by atoms with Crippen molar-refractivity contribution in [2.45, 2.75) is 0 Å². The summed E-state index contributed by atoms with van der Waals surface area (Å²) in [5.74, 6) is -0.750. The first-order chi connectivity index (χ1) is 19.8. The predicted octanol–water partition coefficient (Wildman–Crippen LogP) is 3.79. The number of nitrogens with zero attached hydrogens (tertiary/aromatic N) is 3. The van der Waals surface area contributed by atoms with E-state index in [1.54, 1.807) is 66.8 Å². The molecule has 0 saturated carbocycles. The van der Waals surface area contributed by atoms with Crippen LogP contribution in [0.4, 0.5) is 8.63 Å². The van der Waals surface area contributed by atoms with Gasteiger partial charge in [0.15, 0.2) is 18.0 Å². The molecule has 0 saturated heterocycles. The van der Waals surface area contributed by atoms with Gasteiger partial charge in [-0.05, 0) is 47.4 Å². The number of hydrogen-bond donors (Lipinski definition) is 1. The number of aromatic nitrogens is 1. The van der Waals surface area contributed by atoms with Crippen molar-refractivity contribution >= 4 is 60.0 Å². The number of thiophene rings is 1. The highest BCUT2D eigenvalue weighted by atomic mass is 32.1. The first kappa shape index (κ1) is 26.4. The minimum Gasteiger partial charge on any atom is -0.484 e. The molecule has 1 N–H and O–H groups in total. The molecule has 3 amide bonds. The summed E-state index contributed by atoms with van der Waals surface area (Å²) in [6.07, 6.45) is 11.0. The molecule has 0 spiro atoms. The van der Waals surface area contributed by atoms with Crippen LogP contribution in [-0.4, -0.2) is 64.0 Å². The van der Waals surface area contributed by atoms with Crippen LogP contribution in [0, 0.1) is 0 Å². The Labute approximate surface area is 237 Å². The lowest BCUT2D eigenvalue weighted by molar-refractivity contribution is -0.360. The summed E-state index contributed by atoms with van der Waals surface area (Å²) in [5.41, 5.74) is 2.54. The van der Waals surface area contributed by atoms with Gasteiger partial charge in [-0.2, -0.15) is 0 Å². The van der Waals surface area contributed by atoms with Gasteiger partial charge in [0, 0.05) is 54.9 Å². The van der Waals surface area contributed by atoms with Gasteiger partial charge in [0.05, 0.1) is 4.88 Å². The van der Waals surface area contributed by atoms with Crippen molar-refractivity contribution in [2.24, 2.45) is 0 Å². The van der Waals surface area contributed by atoms with Crippen molar-refractivity contribution < 1.29 is 32.2 Å². The normalized spacial score (nSPS) is 16.9. The Morgan fingerprint density at radius 2 is 1.78 bits per heavy atom. The number of allylic oxidation sites excluding steroid dienone is 2. The average molecular weight is 572 g/mol. The van der Waals surface area contributed by atoms with E-state index in [2.05, 4.69) is 5.32 Å². The lowest BCUT2D eigenvalue weighted by Gasteiger charge is -2.30. The van der Waals surface area contributed by atoms with Gasteiger partial charge in [0.25, 0.3) is 17.7 Å². The second-order valence-electron chi connectivity index (χ2n) is 9.48. The molecule has 0 bridgehead atoms. The van der Waals surface area contributed by atoms with E-state index in [9.17, 15) is 14.4 Å². The smallest absolute Gasteiger partial charge is 0.484 e. The molecule has 2 aromatic heterocycles. The van der Waals surface area contributed by atoms with Crippen LogP contribution in [0.5, 0.6) is 5.75 Å². The first-order valence-electron chi connectivity index (χ1n) is 12.9. The fourth-order valence-electron chi connectivity index (χ4n) is 4.93. The lowest BCUT2D eigenvalue weighted by atomic mass is 9.90. The summed E-state index contributed by atoms with van der Waals surface area (Å²) in [6, 6.07) is 13.9. The molecule has 0 aliphatic carbocycles. The number of benzene rings is 1. The van der Waals surface area contributed by atoms with Crippen LogP contribution in [0.3, 0.4) is 0 Å². The zero-order chi connectivity index (χ0) is 28.6. The highest BCUT2D eigenvalue weighted by Crippen LogP contribution is 2.34. The van der Waals surface area contributed by atoms with Crippen molar-refractivity contribution in [3.8, 4) is 5.75 Å². The molecule has 0 unspecified atom stereocenters. The Balaban J connectivity index is 1.08. The quantitative estimate of drug-likeness (QED) is 0.313. The van der Waals surface area contributed by atoms with E-state index in [1.807, 2.05) is 17.5 Å². The van der Waals surface area contributed by atoms with Crippen molar-refractivity contribution in [2.75, 3.05) is 19.7 Å². The van der Waals surface area contributed by atoms with Crippen molar-refractivity contribution in [3.05, 3.63) is 106 Å². The number of carbonyl (C=O) groups excluding carboxylic acids is 3. The third kappa shape index (κ3) is 5.09.